The summed E-state index contributed by atoms with van der Waals surface area (Å²) in [6, 6.07) is 12.1. The van der Waals surface area contributed by atoms with Crippen molar-refractivity contribution >= 4 is 23.2 Å². The van der Waals surface area contributed by atoms with E-state index in [9.17, 15) is 9.90 Å². The Kier molecular flexibility index (Phi) is 4.70. The Bertz CT molecular complexity index is 656. The molecule has 0 unspecified atom stereocenters. The van der Waals surface area contributed by atoms with Crippen LogP contribution >= 0.6 is 11.6 Å². The number of nitrogens with one attached hydrogen (secondary N) is 1. The average molecular weight is 305 g/mol. The molecule has 0 saturated heterocycles. The van der Waals surface area contributed by atoms with Crippen molar-refractivity contribution < 1.29 is 9.90 Å². The second-order valence-corrected chi connectivity index (χ2v) is 5.34. The first-order valence-electron chi connectivity index (χ1n) is 6.50. The molecule has 21 heavy (non-hydrogen) atoms. The van der Waals surface area contributed by atoms with Crippen molar-refractivity contribution in [2.75, 3.05) is 19.4 Å². The fraction of sp³-hybridized carbons (Fsp3) is 0.188. The van der Waals surface area contributed by atoms with Crippen molar-refractivity contribution in [3.63, 3.8) is 0 Å². The maximum absolute atomic E-state index is 11.9. The van der Waals surface area contributed by atoms with Gasteiger partial charge in [-0.25, -0.2) is 0 Å². The molecule has 2 rings (SSSR count). The van der Waals surface area contributed by atoms with Gasteiger partial charge in [0.05, 0.1) is 0 Å². The van der Waals surface area contributed by atoms with Crippen LogP contribution in [-0.2, 0) is 6.54 Å². The molecule has 5 heteroatoms. The summed E-state index contributed by atoms with van der Waals surface area (Å²) in [4.78, 5) is 13.4. The van der Waals surface area contributed by atoms with Crippen LogP contribution < -0.4 is 5.32 Å². The van der Waals surface area contributed by atoms with Gasteiger partial charge in [-0.3, -0.25) is 4.79 Å². The topological polar surface area (TPSA) is 52.6 Å². The molecular weight excluding hydrogens is 288 g/mol. The molecule has 2 aromatic carbocycles. The highest BCUT2D eigenvalue weighted by molar-refractivity contribution is 6.30. The third kappa shape index (κ3) is 3.89. The summed E-state index contributed by atoms with van der Waals surface area (Å²) in [5.74, 6) is 0.136. The number of anilines is 1. The number of benzene rings is 2. The zero-order valence-electron chi connectivity index (χ0n) is 11.9. The van der Waals surface area contributed by atoms with E-state index in [4.69, 9.17) is 11.6 Å². The van der Waals surface area contributed by atoms with Gasteiger partial charge < -0.3 is 15.3 Å². The number of phenolic OH excluding ortho intramolecular Hbond substituents is 1. The summed E-state index contributed by atoms with van der Waals surface area (Å²) in [7, 11) is 3.43. The van der Waals surface area contributed by atoms with Crippen LogP contribution in [0.4, 0.5) is 5.69 Å². The first kappa shape index (κ1) is 15.2. The van der Waals surface area contributed by atoms with E-state index in [1.54, 1.807) is 44.4 Å². The maximum Gasteiger partial charge on any atom is 0.253 e. The van der Waals surface area contributed by atoms with Crippen molar-refractivity contribution in [1.29, 1.82) is 0 Å². The van der Waals surface area contributed by atoms with Crippen LogP contribution in [0.5, 0.6) is 5.75 Å². The first-order chi connectivity index (χ1) is 9.97. The Morgan fingerprint density at radius 1 is 1.24 bits per heavy atom. The third-order valence-electron chi connectivity index (χ3n) is 3.04. The number of amides is 1. The molecule has 0 atom stereocenters. The van der Waals surface area contributed by atoms with Gasteiger partial charge in [0.2, 0.25) is 0 Å². The van der Waals surface area contributed by atoms with Gasteiger partial charge in [-0.05, 0) is 36.4 Å². The molecule has 0 bridgehead atoms. The van der Waals surface area contributed by atoms with Crippen LogP contribution in [0.1, 0.15) is 15.9 Å². The molecule has 0 aliphatic rings. The first-order valence-corrected chi connectivity index (χ1v) is 6.88. The normalized spacial score (nSPS) is 10.2. The molecule has 2 aromatic rings. The van der Waals surface area contributed by atoms with Crippen molar-refractivity contribution in [2.24, 2.45) is 0 Å². The van der Waals surface area contributed by atoms with Gasteiger partial charge in [0.25, 0.3) is 5.91 Å². The van der Waals surface area contributed by atoms with E-state index >= 15 is 0 Å². The van der Waals surface area contributed by atoms with E-state index < -0.39 is 0 Å². The lowest BCUT2D eigenvalue weighted by atomic mass is 10.1. The van der Waals surface area contributed by atoms with Crippen molar-refractivity contribution in [3.05, 3.63) is 58.6 Å². The number of halogens is 1. The molecule has 4 nitrogen and oxygen atoms in total. The lowest BCUT2D eigenvalue weighted by Gasteiger charge is -2.12. The zero-order valence-corrected chi connectivity index (χ0v) is 12.7. The predicted octanol–water partition coefficient (Wildman–Crippen LogP) is 3.36. The maximum atomic E-state index is 11.9. The fourth-order valence-electron chi connectivity index (χ4n) is 1.91. The molecule has 0 heterocycles. The monoisotopic (exact) mass is 304 g/mol. The number of rotatable bonds is 4. The number of hydrogen-bond acceptors (Lipinski definition) is 3. The minimum Gasteiger partial charge on any atom is -0.508 e. The Labute approximate surface area is 129 Å². The van der Waals surface area contributed by atoms with E-state index in [2.05, 4.69) is 5.32 Å². The fourth-order valence-corrected chi connectivity index (χ4v) is 2.11. The van der Waals surface area contributed by atoms with E-state index in [1.807, 2.05) is 12.1 Å². The number of carbonyl (C=O) groups is 1. The second-order valence-electron chi connectivity index (χ2n) is 4.91. The molecular formula is C16H17ClN2O2. The lowest BCUT2D eigenvalue weighted by molar-refractivity contribution is 0.0827. The number of nitrogens with zero attached hydrogens (tertiary/aromatic N) is 1. The van der Waals surface area contributed by atoms with Crippen LogP contribution in [-0.4, -0.2) is 30.0 Å². The van der Waals surface area contributed by atoms with Crippen molar-refractivity contribution in [3.8, 4) is 5.75 Å². The van der Waals surface area contributed by atoms with Crippen LogP contribution in [0, 0.1) is 0 Å². The molecule has 0 saturated carbocycles. The molecule has 1 amide bonds. The van der Waals surface area contributed by atoms with E-state index in [-0.39, 0.29) is 11.7 Å². The standard InChI is InChI=1S/C16H17ClN2O2/c1-19(2)16(21)11-4-3-5-14(9-11)18-10-12-8-13(17)6-7-15(12)20/h3-9,18,20H,10H2,1-2H3. The number of hydrogen-bond donors (Lipinski definition) is 2. The van der Waals surface area contributed by atoms with Crippen LogP contribution in [0.25, 0.3) is 0 Å². The van der Waals surface area contributed by atoms with Crippen LogP contribution in [0.3, 0.4) is 0 Å². The summed E-state index contributed by atoms with van der Waals surface area (Å²) in [5, 5.41) is 13.5. The van der Waals surface area contributed by atoms with E-state index in [0.717, 1.165) is 5.69 Å². The van der Waals surface area contributed by atoms with Crippen LogP contribution in [0.15, 0.2) is 42.5 Å². The molecule has 0 aliphatic carbocycles. The second kappa shape index (κ2) is 6.50. The highest BCUT2D eigenvalue weighted by Crippen LogP contribution is 2.22. The quantitative estimate of drug-likeness (QED) is 0.910. The van der Waals surface area contributed by atoms with E-state index in [1.165, 1.54) is 4.90 Å². The van der Waals surface area contributed by atoms with Gasteiger partial charge >= 0.3 is 0 Å². The summed E-state index contributed by atoms with van der Waals surface area (Å²) >= 11 is 5.91. The highest BCUT2D eigenvalue weighted by atomic mass is 35.5. The zero-order chi connectivity index (χ0) is 15.4. The third-order valence-corrected chi connectivity index (χ3v) is 3.28. The molecule has 0 aliphatic heterocycles. The Morgan fingerprint density at radius 2 is 2.00 bits per heavy atom. The minimum atomic E-state index is -0.0516. The number of phenols is 1. The molecule has 2 N–H and O–H groups in total. The van der Waals surface area contributed by atoms with E-state index in [0.29, 0.717) is 22.7 Å². The molecule has 110 valence electrons. The highest BCUT2D eigenvalue weighted by Gasteiger charge is 2.08. The molecule has 0 radical (unpaired) electrons. The van der Waals surface area contributed by atoms with Crippen molar-refractivity contribution in [2.45, 2.75) is 6.54 Å². The summed E-state index contributed by atoms with van der Waals surface area (Å²) in [5.41, 5.74) is 2.12. The Morgan fingerprint density at radius 3 is 2.71 bits per heavy atom. The molecule has 0 aromatic heterocycles. The smallest absolute Gasteiger partial charge is 0.253 e. The largest absolute Gasteiger partial charge is 0.508 e. The Balaban J connectivity index is 2.12. The summed E-state index contributed by atoms with van der Waals surface area (Å²) < 4.78 is 0. The number of aromatic hydroxyl groups is 1. The number of carbonyl (C=O) groups excluding carboxylic acids is 1. The minimum absolute atomic E-state index is 0.0516. The van der Waals surface area contributed by atoms with Gasteiger partial charge in [-0.15, -0.1) is 0 Å². The summed E-state index contributed by atoms with van der Waals surface area (Å²) in [6.07, 6.45) is 0. The Hall–Kier alpha value is -2.20. The predicted molar refractivity (Wildman–Crippen MR) is 84.9 cm³/mol. The molecule has 0 spiro atoms. The lowest BCUT2D eigenvalue weighted by Crippen LogP contribution is -2.21. The van der Waals surface area contributed by atoms with Crippen LogP contribution in [0.2, 0.25) is 5.02 Å². The van der Waals surface area contributed by atoms with Gasteiger partial charge in [-0.2, -0.15) is 0 Å². The van der Waals surface area contributed by atoms with Gasteiger partial charge in [-0.1, -0.05) is 17.7 Å². The SMILES string of the molecule is CN(C)C(=O)c1cccc(NCc2cc(Cl)ccc2O)c1. The van der Waals surface area contributed by atoms with Gasteiger partial charge in [0, 0.05) is 42.5 Å². The van der Waals surface area contributed by atoms with Gasteiger partial charge in [0.1, 0.15) is 5.75 Å². The van der Waals surface area contributed by atoms with Gasteiger partial charge in [0.15, 0.2) is 0 Å². The van der Waals surface area contributed by atoms with Crippen molar-refractivity contribution in [1.82, 2.24) is 4.90 Å². The average Bonchev–Trinajstić information content (AvgIpc) is 2.47. The molecule has 0 fully saturated rings. The summed E-state index contributed by atoms with van der Waals surface area (Å²) in [6.45, 7) is 0.423.